The molecule has 0 aromatic heterocycles. The molecule has 7 heteroatoms. The van der Waals surface area contributed by atoms with Gasteiger partial charge in [0.1, 0.15) is 0 Å². The van der Waals surface area contributed by atoms with Crippen molar-refractivity contribution >= 4 is 100 Å². The van der Waals surface area contributed by atoms with Crippen LogP contribution < -0.4 is 0 Å². The topological polar surface area (TPSA) is 34.1 Å². The zero-order valence-corrected chi connectivity index (χ0v) is 23.2. The first kappa shape index (κ1) is 22.6. The second kappa shape index (κ2) is 9.68. The van der Waals surface area contributed by atoms with E-state index in [4.69, 9.17) is 0 Å². The summed E-state index contributed by atoms with van der Waals surface area (Å²) in [5.74, 6) is 0. The van der Waals surface area contributed by atoms with Gasteiger partial charge in [0, 0.05) is 0 Å². The monoisotopic (exact) mass is 806 g/mol. The maximum Gasteiger partial charge on any atom is 0.207 e. The van der Waals surface area contributed by atoms with Gasteiger partial charge in [-0.25, -0.2) is 8.42 Å². The van der Waals surface area contributed by atoms with Gasteiger partial charge in [0.25, 0.3) is 0 Å². The van der Waals surface area contributed by atoms with E-state index in [0.29, 0.717) is 9.79 Å². The lowest BCUT2D eigenvalue weighted by Gasteiger charge is -2.17. The smallest absolute Gasteiger partial charge is 0.207 e. The minimum atomic E-state index is -3.56. The van der Waals surface area contributed by atoms with Crippen molar-refractivity contribution in [2.75, 3.05) is 0 Å². The number of sulfone groups is 1. The van der Waals surface area contributed by atoms with Gasteiger partial charge in [0.05, 0.1) is 13.7 Å². The summed E-state index contributed by atoms with van der Waals surface area (Å²) in [5.41, 5.74) is 4.08. The minimum absolute atomic E-state index is 0.0971. The van der Waals surface area contributed by atoms with E-state index < -0.39 is 9.84 Å². The van der Waals surface area contributed by atoms with Gasteiger partial charge < -0.3 is 0 Å². The summed E-state index contributed by atoms with van der Waals surface area (Å²) in [6.07, 6.45) is 1.79. The highest BCUT2D eigenvalue weighted by molar-refractivity contribution is 14.2. The van der Waals surface area contributed by atoms with Crippen LogP contribution in [0.15, 0.2) is 46.2 Å². The Bertz CT molecular complexity index is 796. The zero-order chi connectivity index (χ0) is 18.8. The zero-order valence-electron chi connectivity index (χ0n) is 13.8. The van der Waals surface area contributed by atoms with Crippen LogP contribution in [-0.4, -0.2) is 8.42 Å². The van der Waals surface area contributed by atoms with Crippen molar-refractivity contribution in [1.82, 2.24) is 0 Å². The first-order chi connectivity index (χ1) is 11.7. The van der Waals surface area contributed by atoms with Gasteiger partial charge in [-0.15, -0.1) is 0 Å². The summed E-state index contributed by atoms with van der Waals surface area (Å²) < 4.78 is 27.1. The molecule has 0 N–H and O–H groups in total. The van der Waals surface area contributed by atoms with Crippen LogP contribution in [0.3, 0.4) is 0 Å². The summed E-state index contributed by atoms with van der Waals surface area (Å²) >= 11 is 9.12. The summed E-state index contributed by atoms with van der Waals surface area (Å²) in [6, 6.07) is 11.5. The van der Waals surface area contributed by atoms with Crippen molar-refractivity contribution in [1.29, 1.82) is 0 Å². The molecule has 2 aromatic rings. The van der Waals surface area contributed by atoms with Crippen LogP contribution in [0.4, 0.5) is 0 Å². The normalized spacial score (nSPS) is 12.2. The summed E-state index contributed by atoms with van der Waals surface area (Å²) in [6.45, 7) is 4.17. The third kappa shape index (κ3) is 5.22. The van der Waals surface area contributed by atoms with Crippen molar-refractivity contribution in [3.63, 3.8) is 0 Å². The van der Waals surface area contributed by atoms with E-state index in [1.807, 2.05) is 24.3 Å². The van der Waals surface area contributed by atoms with Crippen LogP contribution in [0.5, 0.6) is 0 Å². The number of aryl methyl sites for hydroxylation is 2. The number of hydrogen-bond donors (Lipinski definition) is 0. The average Bonchev–Trinajstić information content (AvgIpc) is 2.60. The van der Waals surface area contributed by atoms with Crippen molar-refractivity contribution in [3.05, 3.63) is 58.7 Å². The predicted octanol–water partition coefficient (Wildman–Crippen LogP) is 7.38. The van der Waals surface area contributed by atoms with Gasteiger partial charge in [-0.05, 0) is 47.2 Å². The lowest BCUT2D eigenvalue weighted by molar-refractivity contribution is 0.594. The second-order valence-electron chi connectivity index (χ2n) is 5.56. The SMILES string of the molecule is CCc1ccc(S(=O)(=O)c2ccc(CC)cc2C(I)I)c(C(I)I)c1. The van der Waals surface area contributed by atoms with Gasteiger partial charge in [0.2, 0.25) is 9.84 Å². The lowest BCUT2D eigenvalue weighted by atomic mass is 10.1. The van der Waals surface area contributed by atoms with Crippen molar-refractivity contribution in [2.24, 2.45) is 0 Å². The van der Waals surface area contributed by atoms with Crippen molar-refractivity contribution < 1.29 is 8.42 Å². The fourth-order valence-corrected chi connectivity index (χ4v) is 7.20. The molecule has 136 valence electrons. The fraction of sp³-hybridized carbons (Fsp3) is 0.333. The molecular weight excluding hydrogens is 788 g/mol. The molecule has 0 aliphatic carbocycles. The molecule has 0 radical (unpaired) electrons. The van der Waals surface area contributed by atoms with E-state index in [-0.39, 0.29) is 3.86 Å². The quantitative estimate of drug-likeness (QED) is 0.226. The van der Waals surface area contributed by atoms with Crippen molar-refractivity contribution in [3.8, 4) is 0 Å². The van der Waals surface area contributed by atoms with E-state index >= 15 is 0 Å². The lowest BCUT2D eigenvalue weighted by Crippen LogP contribution is -2.09. The van der Waals surface area contributed by atoms with E-state index in [0.717, 1.165) is 35.1 Å². The average molecular weight is 806 g/mol. The maximum absolute atomic E-state index is 13.5. The van der Waals surface area contributed by atoms with Crippen LogP contribution in [0.25, 0.3) is 0 Å². The van der Waals surface area contributed by atoms with Crippen LogP contribution >= 0.6 is 90.4 Å². The molecule has 0 amide bonds. The number of rotatable bonds is 6. The van der Waals surface area contributed by atoms with Crippen LogP contribution in [-0.2, 0) is 22.7 Å². The Morgan fingerprint density at radius 2 is 1.12 bits per heavy atom. The maximum atomic E-state index is 13.5. The highest BCUT2D eigenvalue weighted by atomic mass is 127. The molecule has 0 bridgehead atoms. The van der Waals surface area contributed by atoms with E-state index in [9.17, 15) is 8.42 Å². The molecule has 0 saturated carbocycles. The third-order valence-electron chi connectivity index (χ3n) is 4.01. The number of alkyl halides is 4. The van der Waals surface area contributed by atoms with E-state index in [1.54, 1.807) is 12.1 Å². The highest BCUT2D eigenvalue weighted by Gasteiger charge is 2.27. The molecule has 2 rings (SSSR count). The number of hydrogen-bond acceptors (Lipinski definition) is 2. The standard InChI is InChI=1S/C18H18I4O2S/c1-3-11-5-7-15(13(9-11)17(19)20)25(23,24)16-8-6-12(4-2)10-14(16)18(21)22/h5-10,17-18H,3-4H2,1-2H3. The van der Waals surface area contributed by atoms with Gasteiger partial charge in [-0.3, -0.25) is 0 Å². The Hall–Kier alpha value is 1.31. The van der Waals surface area contributed by atoms with Gasteiger partial charge in [0.15, 0.2) is 0 Å². The Kier molecular flexibility index (Phi) is 8.75. The first-order valence-corrected chi connectivity index (χ1v) is 14.3. The van der Waals surface area contributed by atoms with Crippen LogP contribution in [0.2, 0.25) is 0 Å². The molecule has 2 aromatic carbocycles. The fourth-order valence-electron chi connectivity index (χ4n) is 2.58. The second-order valence-corrected chi connectivity index (χ2v) is 17.2. The number of benzene rings is 2. The molecule has 25 heavy (non-hydrogen) atoms. The van der Waals surface area contributed by atoms with E-state index in [1.165, 1.54) is 0 Å². The highest BCUT2D eigenvalue weighted by Crippen LogP contribution is 2.41. The minimum Gasteiger partial charge on any atom is -0.218 e. The van der Waals surface area contributed by atoms with Gasteiger partial charge >= 0.3 is 0 Å². The molecule has 0 atom stereocenters. The first-order valence-electron chi connectivity index (χ1n) is 7.79. The Balaban J connectivity index is 2.72. The molecule has 0 aliphatic rings. The molecule has 0 heterocycles. The predicted molar refractivity (Wildman–Crippen MR) is 139 cm³/mol. The molecule has 0 spiro atoms. The Morgan fingerprint density at radius 1 is 0.760 bits per heavy atom. The van der Waals surface area contributed by atoms with Crippen molar-refractivity contribution in [2.45, 2.75) is 40.3 Å². The largest absolute Gasteiger partial charge is 0.218 e. The Labute approximate surface area is 204 Å². The molecule has 0 unspecified atom stereocenters. The summed E-state index contributed by atoms with van der Waals surface area (Å²) in [7, 11) is -3.56. The summed E-state index contributed by atoms with van der Waals surface area (Å²) in [5, 5.41) is 0. The van der Waals surface area contributed by atoms with E-state index in [2.05, 4.69) is 104 Å². The summed E-state index contributed by atoms with van der Waals surface area (Å²) in [4.78, 5) is 0.856. The van der Waals surface area contributed by atoms with Crippen LogP contribution in [0.1, 0.15) is 40.0 Å². The molecule has 2 nitrogen and oxygen atoms in total. The molecule has 0 fully saturated rings. The van der Waals surface area contributed by atoms with Gasteiger partial charge in [-0.2, -0.15) is 0 Å². The molecule has 0 saturated heterocycles. The third-order valence-corrected chi connectivity index (χ3v) is 8.60. The van der Waals surface area contributed by atoms with Gasteiger partial charge in [-0.1, -0.05) is 128 Å². The Morgan fingerprint density at radius 3 is 1.40 bits per heavy atom. The molecule has 0 aliphatic heterocycles. The van der Waals surface area contributed by atoms with Crippen LogP contribution in [0, 0.1) is 0 Å². The molecular formula is C18H18I4O2S. The number of halogens is 4.